The van der Waals surface area contributed by atoms with Gasteiger partial charge in [0.2, 0.25) is 15.9 Å². The molecule has 0 radical (unpaired) electrons. The monoisotopic (exact) mass is 308 g/mol. The number of carbonyl (C=O) groups is 1. The Balaban J connectivity index is 4.67. The summed E-state index contributed by atoms with van der Waals surface area (Å²) in [4.78, 5) is 12.0. The summed E-state index contributed by atoms with van der Waals surface area (Å²) in [6.45, 7) is 5.26. The molecule has 8 nitrogen and oxygen atoms in total. The van der Waals surface area contributed by atoms with Crippen LogP contribution in [0.1, 0.15) is 33.6 Å². The highest BCUT2D eigenvalue weighted by Crippen LogP contribution is 2.08. The van der Waals surface area contributed by atoms with Crippen LogP contribution >= 0.6 is 0 Å². The van der Waals surface area contributed by atoms with Gasteiger partial charge in [0.05, 0.1) is 12.2 Å². The molecule has 0 aliphatic rings. The highest BCUT2D eigenvalue weighted by Gasteiger charge is 2.26. The van der Waals surface area contributed by atoms with Gasteiger partial charge in [0, 0.05) is 12.1 Å². The van der Waals surface area contributed by atoms with Gasteiger partial charge in [0.15, 0.2) is 5.84 Å². The normalized spacial score (nSPS) is 14.9. The van der Waals surface area contributed by atoms with Gasteiger partial charge in [-0.3, -0.25) is 4.79 Å². The highest BCUT2D eigenvalue weighted by atomic mass is 32.2. The molecular formula is C11H24N4O4S. The molecule has 5 N–H and O–H groups in total. The van der Waals surface area contributed by atoms with Gasteiger partial charge < -0.3 is 16.3 Å². The molecular weight excluding hydrogens is 284 g/mol. The number of nitrogens with two attached hydrogens (primary N) is 1. The van der Waals surface area contributed by atoms with Crippen molar-refractivity contribution in [3.05, 3.63) is 0 Å². The van der Waals surface area contributed by atoms with Crippen LogP contribution in [0.5, 0.6) is 0 Å². The zero-order chi connectivity index (χ0) is 16.0. The van der Waals surface area contributed by atoms with Crippen molar-refractivity contribution in [1.29, 1.82) is 0 Å². The summed E-state index contributed by atoms with van der Waals surface area (Å²) >= 11 is 0. The molecule has 0 aromatic heterocycles. The van der Waals surface area contributed by atoms with E-state index in [2.05, 4.69) is 15.2 Å². The number of rotatable bonds is 8. The van der Waals surface area contributed by atoms with Crippen molar-refractivity contribution in [2.75, 3.05) is 12.8 Å². The molecule has 0 fully saturated rings. The molecule has 118 valence electrons. The average molecular weight is 308 g/mol. The minimum atomic E-state index is -3.37. The van der Waals surface area contributed by atoms with Gasteiger partial charge in [0.25, 0.3) is 0 Å². The molecule has 1 unspecified atom stereocenters. The van der Waals surface area contributed by atoms with Crippen LogP contribution in [-0.2, 0) is 14.8 Å². The molecule has 0 heterocycles. The summed E-state index contributed by atoms with van der Waals surface area (Å²) in [5.74, 6) is -1.28. The third kappa shape index (κ3) is 7.29. The second-order valence-corrected chi connectivity index (χ2v) is 7.09. The summed E-state index contributed by atoms with van der Waals surface area (Å²) in [6, 6.07) is 0. The number of oxime groups is 1. The maximum atomic E-state index is 12.0. The van der Waals surface area contributed by atoms with Crippen LogP contribution in [-0.4, -0.2) is 43.7 Å². The number of nitrogens with zero attached hydrogens (tertiary/aromatic N) is 1. The van der Waals surface area contributed by atoms with Crippen molar-refractivity contribution in [3.8, 4) is 0 Å². The van der Waals surface area contributed by atoms with Gasteiger partial charge in [0.1, 0.15) is 0 Å². The van der Waals surface area contributed by atoms with Crippen molar-refractivity contribution in [2.24, 2.45) is 16.8 Å². The Hall–Kier alpha value is -1.35. The molecule has 0 bridgehead atoms. The maximum Gasteiger partial charge on any atom is 0.230 e. The molecule has 20 heavy (non-hydrogen) atoms. The van der Waals surface area contributed by atoms with Crippen molar-refractivity contribution >= 4 is 21.8 Å². The van der Waals surface area contributed by atoms with E-state index in [-0.39, 0.29) is 12.4 Å². The van der Waals surface area contributed by atoms with Crippen molar-refractivity contribution < 1.29 is 18.4 Å². The Labute approximate surface area is 119 Å². The van der Waals surface area contributed by atoms with Gasteiger partial charge >= 0.3 is 0 Å². The van der Waals surface area contributed by atoms with Crippen molar-refractivity contribution in [2.45, 2.75) is 39.2 Å². The van der Waals surface area contributed by atoms with E-state index in [0.29, 0.717) is 12.8 Å². The van der Waals surface area contributed by atoms with Crippen LogP contribution in [0.25, 0.3) is 0 Å². The molecule has 0 rings (SSSR count). The van der Waals surface area contributed by atoms with Crippen LogP contribution in [0.4, 0.5) is 0 Å². The number of sulfonamides is 1. The van der Waals surface area contributed by atoms with Crippen LogP contribution < -0.4 is 15.8 Å². The summed E-state index contributed by atoms with van der Waals surface area (Å²) in [6.07, 6.45) is 2.19. The van der Waals surface area contributed by atoms with E-state index in [0.717, 1.165) is 6.26 Å². The van der Waals surface area contributed by atoms with Crippen LogP contribution in [0.15, 0.2) is 5.16 Å². The minimum absolute atomic E-state index is 0.0951. The van der Waals surface area contributed by atoms with Crippen molar-refractivity contribution in [1.82, 2.24) is 10.0 Å². The Bertz CT molecular complexity index is 459. The first kappa shape index (κ1) is 18.7. The predicted molar refractivity (Wildman–Crippen MR) is 76.9 cm³/mol. The molecule has 0 aliphatic carbocycles. The molecule has 0 spiro atoms. The Kier molecular flexibility index (Phi) is 6.94. The highest BCUT2D eigenvalue weighted by molar-refractivity contribution is 7.88. The van der Waals surface area contributed by atoms with E-state index in [1.807, 2.05) is 6.92 Å². The first-order chi connectivity index (χ1) is 9.02. The first-order valence-corrected chi connectivity index (χ1v) is 8.15. The lowest BCUT2D eigenvalue weighted by Crippen LogP contribution is -2.52. The van der Waals surface area contributed by atoms with Crippen LogP contribution in [0.3, 0.4) is 0 Å². The summed E-state index contributed by atoms with van der Waals surface area (Å²) in [7, 11) is -3.37. The van der Waals surface area contributed by atoms with Crippen molar-refractivity contribution in [3.63, 3.8) is 0 Å². The fourth-order valence-electron chi connectivity index (χ4n) is 1.74. The lowest BCUT2D eigenvalue weighted by molar-refractivity contribution is -0.123. The molecule has 0 aromatic carbocycles. The molecule has 1 amide bonds. The largest absolute Gasteiger partial charge is 0.409 e. The summed E-state index contributed by atoms with van der Waals surface area (Å²) < 4.78 is 24.8. The van der Waals surface area contributed by atoms with Crippen LogP contribution in [0, 0.1) is 5.92 Å². The smallest absolute Gasteiger partial charge is 0.230 e. The molecule has 1 atom stereocenters. The third-order valence-electron chi connectivity index (χ3n) is 2.53. The van der Waals surface area contributed by atoms with Gasteiger partial charge in [-0.05, 0) is 20.3 Å². The number of hydrogen-bond acceptors (Lipinski definition) is 5. The zero-order valence-corrected chi connectivity index (χ0v) is 13.1. The number of hydrogen-bond donors (Lipinski definition) is 4. The average Bonchev–Trinajstić information content (AvgIpc) is 2.29. The van der Waals surface area contributed by atoms with Gasteiger partial charge in [-0.15, -0.1) is 0 Å². The third-order valence-corrected chi connectivity index (χ3v) is 3.46. The molecule has 9 heteroatoms. The SMILES string of the molecule is CCCC(C(=O)NCC(C)(C)NS(C)(=O)=O)C(N)=NO. The van der Waals surface area contributed by atoms with Gasteiger partial charge in [-0.1, -0.05) is 18.5 Å². The van der Waals surface area contributed by atoms with E-state index in [1.165, 1.54) is 0 Å². The maximum absolute atomic E-state index is 12.0. The lowest BCUT2D eigenvalue weighted by Gasteiger charge is -2.26. The van der Waals surface area contributed by atoms with E-state index in [9.17, 15) is 13.2 Å². The van der Waals surface area contributed by atoms with Crippen LogP contribution in [0.2, 0.25) is 0 Å². The van der Waals surface area contributed by atoms with E-state index >= 15 is 0 Å². The topological polar surface area (TPSA) is 134 Å². The van der Waals surface area contributed by atoms with E-state index in [1.54, 1.807) is 13.8 Å². The standard InChI is InChI=1S/C11H24N4O4S/c1-5-6-8(9(12)14-17)10(16)13-7-11(2,3)15-20(4,18)19/h8,15,17H,5-7H2,1-4H3,(H2,12,14)(H,13,16). The second-order valence-electron chi connectivity index (χ2n) is 5.34. The predicted octanol–water partition coefficient (Wildman–Crippen LogP) is -0.407. The Morgan fingerprint density at radius 3 is 2.40 bits per heavy atom. The quantitative estimate of drug-likeness (QED) is 0.209. The zero-order valence-electron chi connectivity index (χ0n) is 12.3. The van der Waals surface area contributed by atoms with Gasteiger partial charge in [-0.25, -0.2) is 13.1 Å². The Morgan fingerprint density at radius 2 is 2.00 bits per heavy atom. The summed E-state index contributed by atoms with van der Waals surface area (Å²) in [5.41, 5.74) is 4.64. The lowest BCUT2D eigenvalue weighted by atomic mass is 10.0. The minimum Gasteiger partial charge on any atom is -0.409 e. The molecule has 0 saturated heterocycles. The second kappa shape index (κ2) is 7.44. The van der Waals surface area contributed by atoms with Gasteiger partial charge in [-0.2, -0.15) is 0 Å². The summed E-state index contributed by atoms with van der Waals surface area (Å²) in [5, 5.41) is 14.1. The Morgan fingerprint density at radius 1 is 1.45 bits per heavy atom. The number of carbonyl (C=O) groups excluding carboxylic acids is 1. The number of nitrogens with one attached hydrogen (secondary N) is 2. The molecule has 0 aliphatic heterocycles. The fraction of sp³-hybridized carbons (Fsp3) is 0.818. The van der Waals surface area contributed by atoms with E-state index in [4.69, 9.17) is 10.9 Å². The number of amidine groups is 1. The number of amides is 1. The first-order valence-electron chi connectivity index (χ1n) is 6.26. The molecule has 0 aromatic rings. The molecule has 0 saturated carbocycles. The fourth-order valence-corrected chi connectivity index (χ4v) is 2.82. The van der Waals surface area contributed by atoms with E-state index < -0.39 is 27.4 Å².